The van der Waals surface area contributed by atoms with Gasteiger partial charge in [0.05, 0.1) is 20.6 Å². The van der Waals surface area contributed by atoms with Crippen molar-refractivity contribution in [2.45, 2.75) is 19.3 Å². The van der Waals surface area contributed by atoms with Crippen molar-refractivity contribution in [3.8, 4) is 0 Å². The lowest BCUT2D eigenvalue weighted by molar-refractivity contribution is -0.858. The molecule has 0 aromatic carbocycles. The Labute approximate surface area is 75.3 Å². The first-order valence-corrected chi connectivity index (χ1v) is 4.53. The molecule has 0 atom stereocenters. The zero-order chi connectivity index (χ0) is 9.56. The van der Waals surface area contributed by atoms with E-state index in [4.69, 9.17) is 0 Å². The predicted molar refractivity (Wildman–Crippen MR) is 50.2 cm³/mol. The Balaban J connectivity index is 3.26. The van der Waals surface area contributed by atoms with Crippen LogP contribution < -0.4 is 4.90 Å². The van der Waals surface area contributed by atoms with Crippen molar-refractivity contribution >= 4 is 5.91 Å². The van der Waals surface area contributed by atoms with Gasteiger partial charge < -0.3 is 9.80 Å². The molecule has 3 heteroatoms. The van der Waals surface area contributed by atoms with E-state index in [0.717, 1.165) is 19.4 Å². The zero-order valence-corrected chi connectivity index (χ0v) is 8.68. The number of rotatable bonds is 5. The second-order valence-electron chi connectivity index (χ2n) is 3.70. The monoisotopic (exact) mass is 173 g/mol. The van der Waals surface area contributed by atoms with Crippen LogP contribution in [0.5, 0.6) is 0 Å². The Hall–Kier alpha value is -0.570. The minimum Gasteiger partial charge on any atom is -0.349 e. The summed E-state index contributed by atoms with van der Waals surface area (Å²) in [5.41, 5.74) is 0. The van der Waals surface area contributed by atoms with Crippen LogP contribution in [0.2, 0.25) is 0 Å². The van der Waals surface area contributed by atoms with Gasteiger partial charge in [0.15, 0.2) is 0 Å². The van der Waals surface area contributed by atoms with E-state index in [2.05, 4.69) is 14.1 Å². The number of hydrogen-bond acceptors (Lipinski definition) is 1. The number of hydrogen-bond donors (Lipinski definition) is 1. The van der Waals surface area contributed by atoms with E-state index in [9.17, 15) is 4.79 Å². The number of quaternary nitrogens is 1. The van der Waals surface area contributed by atoms with Crippen LogP contribution in [0, 0.1) is 0 Å². The van der Waals surface area contributed by atoms with Crippen LogP contribution in [0.15, 0.2) is 0 Å². The number of nitrogens with one attached hydrogen (secondary N) is 1. The van der Waals surface area contributed by atoms with Crippen molar-refractivity contribution in [3.05, 3.63) is 0 Å². The van der Waals surface area contributed by atoms with Gasteiger partial charge in [-0.2, -0.15) is 0 Å². The molecule has 3 nitrogen and oxygen atoms in total. The average molecular weight is 173 g/mol. The Morgan fingerprint density at radius 3 is 2.25 bits per heavy atom. The van der Waals surface area contributed by atoms with Gasteiger partial charge in [-0.3, -0.25) is 4.79 Å². The molecule has 1 amide bonds. The molecule has 0 aliphatic carbocycles. The first-order chi connectivity index (χ1) is 5.54. The largest absolute Gasteiger partial charge is 0.349 e. The Kier molecular flexibility index (Phi) is 5.72. The fourth-order valence-corrected chi connectivity index (χ4v) is 0.978. The fourth-order valence-electron chi connectivity index (χ4n) is 0.978. The van der Waals surface area contributed by atoms with Crippen molar-refractivity contribution in [2.24, 2.45) is 0 Å². The molecule has 0 radical (unpaired) electrons. The lowest BCUT2D eigenvalue weighted by atomic mass is 10.2. The van der Waals surface area contributed by atoms with Crippen LogP contribution in [-0.2, 0) is 4.79 Å². The van der Waals surface area contributed by atoms with Crippen LogP contribution in [0.1, 0.15) is 19.3 Å². The molecular weight excluding hydrogens is 152 g/mol. The summed E-state index contributed by atoms with van der Waals surface area (Å²) in [4.78, 5) is 14.2. The maximum absolute atomic E-state index is 11.1. The second-order valence-corrected chi connectivity index (χ2v) is 3.70. The molecule has 0 heterocycles. The standard InChI is InChI=1S/C9H20N2O/c1-10(2)8-6-5-7-9(12)11(3)4/h5-8H2,1-4H3/p+1. The lowest BCUT2D eigenvalue weighted by Crippen LogP contribution is -3.05. The zero-order valence-electron chi connectivity index (χ0n) is 8.68. The quantitative estimate of drug-likeness (QED) is 0.551. The van der Waals surface area contributed by atoms with Crippen molar-refractivity contribution in [3.63, 3.8) is 0 Å². The third-order valence-corrected chi connectivity index (χ3v) is 1.82. The predicted octanol–water partition coefficient (Wildman–Crippen LogP) is -0.611. The topological polar surface area (TPSA) is 24.8 Å². The van der Waals surface area contributed by atoms with Crippen LogP contribution in [-0.4, -0.2) is 45.5 Å². The molecule has 0 saturated carbocycles. The van der Waals surface area contributed by atoms with Gasteiger partial charge in [-0.25, -0.2) is 0 Å². The molecule has 0 aromatic rings. The normalized spacial score (nSPS) is 10.4. The molecule has 0 aliphatic rings. The smallest absolute Gasteiger partial charge is 0.222 e. The van der Waals surface area contributed by atoms with Gasteiger partial charge in [-0.05, 0) is 12.8 Å². The van der Waals surface area contributed by atoms with E-state index in [1.807, 2.05) is 0 Å². The van der Waals surface area contributed by atoms with Gasteiger partial charge >= 0.3 is 0 Å². The van der Waals surface area contributed by atoms with Crippen molar-refractivity contribution in [1.29, 1.82) is 0 Å². The maximum atomic E-state index is 11.1. The summed E-state index contributed by atoms with van der Waals surface area (Å²) in [5.74, 6) is 0.240. The van der Waals surface area contributed by atoms with Gasteiger partial charge in [0.25, 0.3) is 0 Å². The highest BCUT2D eigenvalue weighted by molar-refractivity contribution is 5.75. The van der Waals surface area contributed by atoms with Crippen molar-refractivity contribution in [1.82, 2.24) is 4.90 Å². The van der Waals surface area contributed by atoms with Crippen molar-refractivity contribution in [2.75, 3.05) is 34.7 Å². The Morgan fingerprint density at radius 1 is 1.25 bits per heavy atom. The molecule has 0 bridgehead atoms. The summed E-state index contributed by atoms with van der Waals surface area (Å²) >= 11 is 0. The van der Waals surface area contributed by atoms with Crippen LogP contribution in [0.3, 0.4) is 0 Å². The minimum atomic E-state index is 0.240. The van der Waals surface area contributed by atoms with Gasteiger partial charge in [0.2, 0.25) is 5.91 Å². The van der Waals surface area contributed by atoms with E-state index < -0.39 is 0 Å². The van der Waals surface area contributed by atoms with E-state index in [0.29, 0.717) is 6.42 Å². The number of carbonyl (C=O) groups excluding carboxylic acids is 1. The number of nitrogens with zero attached hydrogens (tertiary/aromatic N) is 1. The van der Waals surface area contributed by atoms with Gasteiger partial charge in [0.1, 0.15) is 0 Å². The molecule has 0 fully saturated rings. The highest BCUT2D eigenvalue weighted by Gasteiger charge is 2.03. The molecule has 1 N–H and O–H groups in total. The summed E-state index contributed by atoms with van der Waals surface area (Å²) in [6.45, 7) is 1.15. The van der Waals surface area contributed by atoms with E-state index in [1.165, 1.54) is 4.90 Å². The molecular formula is C9H21N2O+. The summed E-state index contributed by atoms with van der Waals surface area (Å²) < 4.78 is 0. The number of carbonyl (C=O) groups is 1. The highest BCUT2D eigenvalue weighted by Crippen LogP contribution is 1.95. The molecule has 0 spiro atoms. The summed E-state index contributed by atoms with van der Waals surface area (Å²) in [7, 11) is 7.88. The summed E-state index contributed by atoms with van der Waals surface area (Å²) in [6, 6.07) is 0. The summed E-state index contributed by atoms with van der Waals surface area (Å²) in [5, 5.41) is 0. The van der Waals surface area contributed by atoms with Crippen molar-refractivity contribution < 1.29 is 9.69 Å². The molecule has 12 heavy (non-hydrogen) atoms. The van der Waals surface area contributed by atoms with Crippen LogP contribution in [0.4, 0.5) is 0 Å². The first kappa shape index (κ1) is 11.4. The average Bonchev–Trinajstić information content (AvgIpc) is 1.97. The van der Waals surface area contributed by atoms with Crippen LogP contribution in [0.25, 0.3) is 0 Å². The van der Waals surface area contributed by atoms with Crippen LogP contribution >= 0.6 is 0 Å². The molecule has 72 valence electrons. The molecule has 0 aromatic heterocycles. The molecule has 0 rings (SSSR count). The second kappa shape index (κ2) is 6.00. The van der Waals surface area contributed by atoms with Gasteiger partial charge in [-0.1, -0.05) is 0 Å². The lowest BCUT2D eigenvalue weighted by Gasteiger charge is -2.10. The maximum Gasteiger partial charge on any atom is 0.222 e. The minimum absolute atomic E-state index is 0.240. The van der Waals surface area contributed by atoms with E-state index in [1.54, 1.807) is 19.0 Å². The fraction of sp³-hybridized carbons (Fsp3) is 0.889. The number of amides is 1. The SMILES string of the molecule is CN(C)C(=O)CCCC[NH+](C)C. The number of unbranched alkanes of at least 4 members (excludes halogenated alkanes) is 1. The Morgan fingerprint density at radius 2 is 1.83 bits per heavy atom. The van der Waals surface area contributed by atoms with E-state index in [-0.39, 0.29) is 5.91 Å². The first-order valence-electron chi connectivity index (χ1n) is 4.53. The van der Waals surface area contributed by atoms with Gasteiger partial charge in [-0.15, -0.1) is 0 Å². The summed E-state index contributed by atoms with van der Waals surface area (Å²) in [6.07, 6.45) is 2.85. The van der Waals surface area contributed by atoms with Gasteiger partial charge in [0, 0.05) is 20.5 Å². The third-order valence-electron chi connectivity index (χ3n) is 1.82. The van der Waals surface area contributed by atoms with E-state index >= 15 is 0 Å². The Bertz CT molecular complexity index is 132. The molecule has 0 unspecified atom stereocenters. The highest BCUT2D eigenvalue weighted by atomic mass is 16.2. The molecule has 0 saturated heterocycles. The third kappa shape index (κ3) is 6.16. The molecule has 0 aliphatic heterocycles.